The number of aryl methyl sites for hydroxylation is 1. The summed E-state index contributed by atoms with van der Waals surface area (Å²) in [6, 6.07) is 6.24. The summed E-state index contributed by atoms with van der Waals surface area (Å²) in [6.07, 6.45) is 0.775. The number of hydrogen-bond acceptors (Lipinski definition) is 5. The Labute approximate surface area is 117 Å². The van der Waals surface area contributed by atoms with E-state index in [-0.39, 0.29) is 5.69 Å². The van der Waals surface area contributed by atoms with E-state index >= 15 is 0 Å². The summed E-state index contributed by atoms with van der Waals surface area (Å²) in [5, 5.41) is 12.5. The van der Waals surface area contributed by atoms with Gasteiger partial charge in [-0.25, -0.2) is 4.98 Å². The molecule has 0 aliphatic rings. The Bertz CT molecular complexity index is 817. The number of aldehydes is 1. The number of carbonyl (C=O) groups is 1. The maximum absolute atomic E-state index is 11.2. The number of imidazole rings is 1. The molecule has 2 aromatic heterocycles. The fourth-order valence-corrected chi connectivity index (χ4v) is 3.03. The molecule has 0 saturated heterocycles. The first-order valence-electron chi connectivity index (χ1n) is 5.78. The molecule has 0 amide bonds. The van der Waals surface area contributed by atoms with Crippen LogP contribution < -0.4 is 0 Å². The highest BCUT2D eigenvalue weighted by Crippen LogP contribution is 2.29. The fourth-order valence-electron chi connectivity index (χ4n) is 2.08. The van der Waals surface area contributed by atoms with Gasteiger partial charge >= 0.3 is 0 Å². The lowest BCUT2D eigenvalue weighted by atomic mass is 10.1. The molecule has 20 heavy (non-hydrogen) atoms. The first-order valence-corrected chi connectivity index (χ1v) is 6.66. The van der Waals surface area contributed by atoms with Crippen LogP contribution in [0.15, 0.2) is 29.6 Å². The first-order chi connectivity index (χ1) is 9.61. The molecule has 0 atom stereocenters. The number of nitro groups is 1. The van der Waals surface area contributed by atoms with Gasteiger partial charge in [0.15, 0.2) is 11.2 Å². The van der Waals surface area contributed by atoms with Gasteiger partial charge in [0, 0.05) is 17.5 Å². The number of non-ortho nitro benzene ring substituents is 1. The fraction of sp³-hybridized carbons (Fsp3) is 0.0769. The molecule has 3 aromatic rings. The first kappa shape index (κ1) is 12.5. The van der Waals surface area contributed by atoms with Crippen LogP contribution in [0.4, 0.5) is 5.69 Å². The van der Waals surface area contributed by atoms with Crippen molar-refractivity contribution in [2.24, 2.45) is 0 Å². The third kappa shape index (κ3) is 1.79. The zero-order valence-electron chi connectivity index (χ0n) is 10.4. The Balaban J connectivity index is 2.19. The molecule has 100 valence electrons. The Morgan fingerprint density at radius 1 is 1.35 bits per heavy atom. The standard InChI is InChI=1S/C13H9N3O3S/c1-8-11(6-17)15-12(7-20-13(15)14-8)9-2-4-10(5-3-9)16(18)19/h2-7H,1H3. The summed E-state index contributed by atoms with van der Waals surface area (Å²) in [6.45, 7) is 1.78. The normalized spacial score (nSPS) is 10.8. The average Bonchev–Trinajstić information content (AvgIpc) is 2.96. The van der Waals surface area contributed by atoms with E-state index in [0.29, 0.717) is 11.4 Å². The number of nitrogens with zero attached hydrogens (tertiary/aromatic N) is 3. The van der Waals surface area contributed by atoms with Gasteiger partial charge in [-0.1, -0.05) is 0 Å². The quantitative estimate of drug-likeness (QED) is 0.421. The van der Waals surface area contributed by atoms with Gasteiger partial charge in [-0.05, 0) is 24.6 Å². The van der Waals surface area contributed by atoms with Gasteiger partial charge < -0.3 is 0 Å². The molecule has 2 heterocycles. The number of benzene rings is 1. The van der Waals surface area contributed by atoms with Crippen LogP contribution >= 0.6 is 11.3 Å². The summed E-state index contributed by atoms with van der Waals surface area (Å²) >= 11 is 1.43. The molecule has 6 nitrogen and oxygen atoms in total. The second kappa shape index (κ2) is 4.53. The van der Waals surface area contributed by atoms with E-state index in [4.69, 9.17) is 0 Å². The van der Waals surface area contributed by atoms with E-state index in [1.54, 1.807) is 23.5 Å². The SMILES string of the molecule is Cc1nc2scc(-c3ccc([N+](=O)[O-])cc3)n2c1C=O. The van der Waals surface area contributed by atoms with Crippen molar-refractivity contribution >= 4 is 28.3 Å². The number of fused-ring (bicyclic) bond motifs is 1. The molecule has 0 radical (unpaired) electrons. The van der Waals surface area contributed by atoms with E-state index in [2.05, 4.69) is 4.98 Å². The Kier molecular flexibility index (Phi) is 2.83. The Morgan fingerprint density at radius 3 is 2.65 bits per heavy atom. The Hall–Kier alpha value is -2.54. The summed E-state index contributed by atoms with van der Waals surface area (Å²) in [7, 11) is 0. The number of aromatic nitrogens is 2. The van der Waals surface area contributed by atoms with E-state index in [1.807, 2.05) is 5.38 Å². The van der Waals surface area contributed by atoms with Gasteiger partial charge in [-0.3, -0.25) is 19.3 Å². The van der Waals surface area contributed by atoms with Crippen LogP contribution in [0, 0.1) is 17.0 Å². The maximum Gasteiger partial charge on any atom is 0.269 e. The number of thiazole rings is 1. The van der Waals surface area contributed by atoms with Crippen LogP contribution in [-0.2, 0) is 0 Å². The highest BCUT2D eigenvalue weighted by atomic mass is 32.1. The maximum atomic E-state index is 11.2. The minimum atomic E-state index is -0.439. The van der Waals surface area contributed by atoms with Crippen LogP contribution in [0.2, 0.25) is 0 Å². The van der Waals surface area contributed by atoms with Gasteiger partial charge in [-0.2, -0.15) is 0 Å². The zero-order chi connectivity index (χ0) is 14.3. The van der Waals surface area contributed by atoms with E-state index in [9.17, 15) is 14.9 Å². The van der Waals surface area contributed by atoms with Crippen molar-refractivity contribution in [3.63, 3.8) is 0 Å². The summed E-state index contributed by atoms with van der Waals surface area (Å²) < 4.78 is 1.77. The topological polar surface area (TPSA) is 77.5 Å². The van der Waals surface area contributed by atoms with Gasteiger partial charge in [0.1, 0.15) is 5.69 Å². The van der Waals surface area contributed by atoms with Crippen LogP contribution in [-0.4, -0.2) is 20.6 Å². The molecular formula is C13H9N3O3S. The molecule has 0 spiro atoms. The average molecular weight is 287 g/mol. The van der Waals surface area contributed by atoms with Crippen molar-refractivity contribution in [2.75, 3.05) is 0 Å². The van der Waals surface area contributed by atoms with Gasteiger partial charge in [0.05, 0.1) is 16.3 Å². The van der Waals surface area contributed by atoms with Crippen molar-refractivity contribution < 1.29 is 9.72 Å². The molecule has 0 fully saturated rings. The lowest BCUT2D eigenvalue weighted by Gasteiger charge is -2.01. The van der Waals surface area contributed by atoms with Crippen molar-refractivity contribution in [2.45, 2.75) is 6.92 Å². The van der Waals surface area contributed by atoms with Crippen LogP contribution in [0.3, 0.4) is 0 Å². The third-order valence-electron chi connectivity index (χ3n) is 3.07. The van der Waals surface area contributed by atoms with Crippen LogP contribution in [0.5, 0.6) is 0 Å². The molecule has 7 heteroatoms. The molecule has 0 saturated carbocycles. The molecule has 0 aliphatic heterocycles. The Morgan fingerprint density at radius 2 is 2.05 bits per heavy atom. The predicted octanol–water partition coefficient (Wildman–Crippen LogP) is 3.09. The predicted molar refractivity (Wildman–Crippen MR) is 75.3 cm³/mol. The van der Waals surface area contributed by atoms with E-state index < -0.39 is 4.92 Å². The van der Waals surface area contributed by atoms with Crippen molar-refractivity contribution in [1.29, 1.82) is 0 Å². The molecule has 0 bridgehead atoms. The minimum absolute atomic E-state index is 0.0395. The number of carbonyl (C=O) groups excluding carboxylic acids is 1. The molecule has 1 aromatic carbocycles. The van der Waals surface area contributed by atoms with Crippen molar-refractivity contribution in [3.05, 3.63) is 51.1 Å². The van der Waals surface area contributed by atoms with Gasteiger partial charge in [-0.15, -0.1) is 11.3 Å². The number of hydrogen-bond donors (Lipinski definition) is 0. The smallest absolute Gasteiger partial charge is 0.269 e. The lowest BCUT2D eigenvalue weighted by Crippen LogP contribution is -1.94. The zero-order valence-corrected chi connectivity index (χ0v) is 11.3. The van der Waals surface area contributed by atoms with Crippen molar-refractivity contribution in [3.8, 4) is 11.3 Å². The highest BCUT2D eigenvalue weighted by Gasteiger charge is 2.15. The second-order valence-electron chi connectivity index (χ2n) is 4.24. The minimum Gasteiger partial charge on any atom is -0.296 e. The van der Waals surface area contributed by atoms with Gasteiger partial charge in [0.2, 0.25) is 0 Å². The molecular weight excluding hydrogens is 278 g/mol. The largest absolute Gasteiger partial charge is 0.296 e. The van der Waals surface area contributed by atoms with Crippen LogP contribution in [0.25, 0.3) is 16.2 Å². The van der Waals surface area contributed by atoms with E-state index in [0.717, 1.165) is 22.5 Å². The molecule has 3 rings (SSSR count). The number of nitro benzene ring substituents is 1. The molecule has 0 unspecified atom stereocenters. The molecule has 0 N–H and O–H groups in total. The third-order valence-corrected chi connectivity index (χ3v) is 3.89. The second-order valence-corrected chi connectivity index (χ2v) is 5.08. The van der Waals surface area contributed by atoms with Crippen molar-refractivity contribution in [1.82, 2.24) is 9.38 Å². The highest BCUT2D eigenvalue weighted by molar-refractivity contribution is 7.15. The summed E-state index contributed by atoms with van der Waals surface area (Å²) in [4.78, 5) is 26.5. The summed E-state index contributed by atoms with van der Waals surface area (Å²) in [5.41, 5.74) is 2.84. The monoisotopic (exact) mass is 287 g/mol. The lowest BCUT2D eigenvalue weighted by molar-refractivity contribution is -0.384. The van der Waals surface area contributed by atoms with Gasteiger partial charge in [0.25, 0.3) is 5.69 Å². The van der Waals surface area contributed by atoms with Crippen LogP contribution in [0.1, 0.15) is 16.2 Å². The van der Waals surface area contributed by atoms with E-state index in [1.165, 1.54) is 23.5 Å². The summed E-state index contributed by atoms with van der Waals surface area (Å²) in [5.74, 6) is 0. The number of rotatable bonds is 3. The molecule has 0 aliphatic carbocycles.